The van der Waals surface area contributed by atoms with E-state index in [1.165, 1.54) is 53.6 Å². The summed E-state index contributed by atoms with van der Waals surface area (Å²) in [4.78, 5) is 0. The molecule has 0 N–H and O–H groups in total. The molecule has 0 saturated carbocycles. The molecular weight excluding hydrogens is 356 g/mol. The van der Waals surface area contributed by atoms with Crippen LogP contribution in [0.2, 0.25) is 0 Å². The molecule has 4 aromatic carbocycles. The summed E-state index contributed by atoms with van der Waals surface area (Å²) in [6, 6.07) is 31.7. The van der Waals surface area contributed by atoms with E-state index >= 15 is 0 Å². The second kappa shape index (κ2) is 5.56. The molecule has 0 aliphatic heterocycles. The van der Waals surface area contributed by atoms with Crippen LogP contribution in [0.4, 0.5) is 0 Å². The highest BCUT2D eigenvalue weighted by Crippen LogP contribution is 2.52. The van der Waals surface area contributed by atoms with Gasteiger partial charge in [0, 0.05) is 25.6 Å². The SMILES string of the molecule is Cc1ccc2sc3ccc(C4(C)c5ccccc5-c5ccccc54)cc3c2c1. The first-order chi connectivity index (χ1) is 13.7. The van der Waals surface area contributed by atoms with Crippen LogP contribution in [0.5, 0.6) is 0 Å². The second-order valence-corrected chi connectivity index (χ2v) is 9.11. The molecule has 134 valence electrons. The number of rotatable bonds is 1. The minimum atomic E-state index is -0.126. The van der Waals surface area contributed by atoms with Gasteiger partial charge in [0.1, 0.15) is 0 Å². The predicted octanol–water partition coefficient (Wildman–Crippen LogP) is 7.70. The third kappa shape index (κ3) is 2.00. The van der Waals surface area contributed by atoms with Crippen molar-refractivity contribution in [2.24, 2.45) is 0 Å². The van der Waals surface area contributed by atoms with E-state index in [9.17, 15) is 0 Å². The average Bonchev–Trinajstić information content (AvgIpc) is 3.22. The summed E-state index contributed by atoms with van der Waals surface area (Å²) in [5.41, 5.74) is 8.12. The van der Waals surface area contributed by atoms with Gasteiger partial charge in [-0.25, -0.2) is 0 Å². The molecule has 1 aliphatic rings. The van der Waals surface area contributed by atoms with E-state index in [2.05, 4.69) is 98.8 Å². The monoisotopic (exact) mass is 376 g/mol. The molecule has 0 radical (unpaired) electrons. The van der Waals surface area contributed by atoms with Gasteiger partial charge in [-0.05, 0) is 65.9 Å². The van der Waals surface area contributed by atoms with Crippen LogP contribution in [0, 0.1) is 6.92 Å². The third-order valence-electron chi connectivity index (χ3n) is 6.42. The van der Waals surface area contributed by atoms with Gasteiger partial charge in [0.25, 0.3) is 0 Å². The fourth-order valence-electron chi connectivity index (χ4n) is 4.97. The summed E-state index contributed by atoms with van der Waals surface area (Å²) in [7, 11) is 0. The molecule has 0 atom stereocenters. The van der Waals surface area contributed by atoms with Gasteiger partial charge in [0.05, 0.1) is 0 Å². The van der Waals surface area contributed by atoms with E-state index in [1.807, 2.05) is 11.3 Å². The zero-order valence-electron chi connectivity index (χ0n) is 16.0. The maximum absolute atomic E-state index is 2.44. The van der Waals surface area contributed by atoms with Gasteiger partial charge in [-0.1, -0.05) is 66.2 Å². The average molecular weight is 377 g/mol. The molecule has 1 aromatic heterocycles. The highest BCUT2D eigenvalue weighted by molar-refractivity contribution is 7.25. The van der Waals surface area contributed by atoms with Gasteiger partial charge in [-0.15, -0.1) is 11.3 Å². The molecule has 0 amide bonds. The Hall–Kier alpha value is -2.90. The van der Waals surface area contributed by atoms with Crippen molar-refractivity contribution in [2.45, 2.75) is 19.3 Å². The molecule has 28 heavy (non-hydrogen) atoms. The van der Waals surface area contributed by atoms with E-state index < -0.39 is 0 Å². The standard InChI is InChI=1S/C27H20S/c1-17-11-13-25-21(15-17)22-16-18(12-14-26(22)28-25)27(2)23-9-5-3-7-19(23)20-8-4-6-10-24(20)27/h3-16H,1-2H3. The van der Waals surface area contributed by atoms with Crippen molar-refractivity contribution in [3.05, 3.63) is 107 Å². The number of aryl methyl sites for hydroxylation is 1. The van der Waals surface area contributed by atoms with Crippen LogP contribution in [0.3, 0.4) is 0 Å². The highest BCUT2D eigenvalue weighted by Gasteiger charge is 2.40. The summed E-state index contributed by atoms with van der Waals surface area (Å²) in [5.74, 6) is 0. The maximum Gasteiger partial charge on any atom is 0.0435 e. The minimum Gasteiger partial charge on any atom is -0.135 e. The lowest BCUT2D eigenvalue weighted by Gasteiger charge is -2.28. The van der Waals surface area contributed by atoms with Crippen LogP contribution in [0.15, 0.2) is 84.9 Å². The second-order valence-electron chi connectivity index (χ2n) is 8.03. The normalized spacial score (nSPS) is 14.4. The van der Waals surface area contributed by atoms with Gasteiger partial charge in [-0.3, -0.25) is 0 Å². The van der Waals surface area contributed by atoms with Crippen LogP contribution in [-0.2, 0) is 5.41 Å². The van der Waals surface area contributed by atoms with E-state index in [1.54, 1.807) is 0 Å². The van der Waals surface area contributed by atoms with Crippen LogP contribution in [-0.4, -0.2) is 0 Å². The molecule has 1 heterocycles. The Bertz CT molecular complexity index is 1340. The lowest BCUT2D eigenvalue weighted by atomic mass is 9.74. The zero-order chi connectivity index (χ0) is 18.9. The predicted molar refractivity (Wildman–Crippen MR) is 122 cm³/mol. The van der Waals surface area contributed by atoms with Gasteiger partial charge in [0.15, 0.2) is 0 Å². The molecule has 6 rings (SSSR count). The van der Waals surface area contributed by atoms with E-state index in [0.29, 0.717) is 0 Å². The van der Waals surface area contributed by atoms with Gasteiger partial charge < -0.3 is 0 Å². The quantitative estimate of drug-likeness (QED) is 0.281. The summed E-state index contributed by atoms with van der Waals surface area (Å²) < 4.78 is 2.74. The molecular formula is C27H20S. The Kier molecular flexibility index (Phi) is 3.19. The largest absolute Gasteiger partial charge is 0.135 e. The first kappa shape index (κ1) is 16.1. The summed E-state index contributed by atoms with van der Waals surface area (Å²) >= 11 is 1.89. The number of fused-ring (bicyclic) bond motifs is 6. The third-order valence-corrected chi connectivity index (χ3v) is 7.58. The number of benzene rings is 4. The van der Waals surface area contributed by atoms with Crippen molar-refractivity contribution in [3.8, 4) is 11.1 Å². The fourth-order valence-corrected chi connectivity index (χ4v) is 6.03. The van der Waals surface area contributed by atoms with Crippen molar-refractivity contribution in [1.82, 2.24) is 0 Å². The van der Waals surface area contributed by atoms with Crippen LogP contribution in [0.1, 0.15) is 29.2 Å². The molecule has 1 aliphatic carbocycles. The van der Waals surface area contributed by atoms with Crippen molar-refractivity contribution in [3.63, 3.8) is 0 Å². The number of hydrogen-bond donors (Lipinski definition) is 0. The molecule has 0 nitrogen and oxygen atoms in total. The Morgan fingerprint density at radius 3 is 1.89 bits per heavy atom. The fraction of sp³-hybridized carbons (Fsp3) is 0.111. The van der Waals surface area contributed by atoms with Crippen LogP contribution < -0.4 is 0 Å². The first-order valence-electron chi connectivity index (χ1n) is 9.79. The highest BCUT2D eigenvalue weighted by atomic mass is 32.1. The van der Waals surface area contributed by atoms with E-state index in [-0.39, 0.29) is 5.41 Å². The van der Waals surface area contributed by atoms with Crippen LogP contribution in [0.25, 0.3) is 31.3 Å². The number of thiophene rings is 1. The van der Waals surface area contributed by atoms with Gasteiger partial charge >= 0.3 is 0 Å². The molecule has 0 bridgehead atoms. The maximum atomic E-state index is 2.44. The first-order valence-corrected chi connectivity index (χ1v) is 10.6. The molecule has 0 spiro atoms. The number of hydrogen-bond acceptors (Lipinski definition) is 1. The molecule has 1 heteroatoms. The Balaban J connectivity index is 1.69. The molecule has 0 unspecified atom stereocenters. The van der Waals surface area contributed by atoms with Gasteiger partial charge in [-0.2, -0.15) is 0 Å². The van der Waals surface area contributed by atoms with Crippen molar-refractivity contribution < 1.29 is 0 Å². The Morgan fingerprint density at radius 2 is 1.21 bits per heavy atom. The molecule has 0 saturated heterocycles. The molecule has 0 fully saturated rings. The van der Waals surface area contributed by atoms with Crippen molar-refractivity contribution >= 4 is 31.5 Å². The lowest BCUT2D eigenvalue weighted by Crippen LogP contribution is -2.22. The van der Waals surface area contributed by atoms with E-state index in [0.717, 1.165) is 0 Å². The summed E-state index contributed by atoms with van der Waals surface area (Å²) in [6.45, 7) is 4.57. The Morgan fingerprint density at radius 1 is 0.643 bits per heavy atom. The molecule has 5 aromatic rings. The Labute approximate surface area is 169 Å². The van der Waals surface area contributed by atoms with Gasteiger partial charge in [0.2, 0.25) is 0 Å². The zero-order valence-corrected chi connectivity index (χ0v) is 16.8. The summed E-state index contributed by atoms with van der Waals surface area (Å²) in [6.07, 6.45) is 0. The summed E-state index contributed by atoms with van der Waals surface area (Å²) in [5, 5.41) is 2.76. The lowest BCUT2D eigenvalue weighted by molar-refractivity contribution is 0.715. The topological polar surface area (TPSA) is 0 Å². The smallest absolute Gasteiger partial charge is 0.0435 e. The van der Waals surface area contributed by atoms with Crippen LogP contribution >= 0.6 is 11.3 Å². The van der Waals surface area contributed by atoms with Crippen molar-refractivity contribution in [1.29, 1.82) is 0 Å². The minimum absolute atomic E-state index is 0.126. The van der Waals surface area contributed by atoms with E-state index in [4.69, 9.17) is 0 Å². The van der Waals surface area contributed by atoms with Crippen molar-refractivity contribution in [2.75, 3.05) is 0 Å².